The molecule has 2 N–H and O–H groups in total. The maximum atomic E-state index is 12.7. The van der Waals surface area contributed by atoms with Crippen molar-refractivity contribution in [3.63, 3.8) is 0 Å². The minimum Gasteiger partial charge on any atom is -0.379 e. The fourth-order valence-electron chi connectivity index (χ4n) is 3.01. The Labute approximate surface area is 166 Å². The highest BCUT2D eigenvalue weighted by atomic mass is 16.5. The van der Waals surface area contributed by atoms with E-state index in [0.29, 0.717) is 23.9 Å². The van der Waals surface area contributed by atoms with Crippen LogP contribution in [0.3, 0.4) is 0 Å². The van der Waals surface area contributed by atoms with Crippen LogP contribution in [0.15, 0.2) is 36.4 Å². The standard InChI is InChI=1S/C21H29N5O2/c1-2-3-9-22-19-16-18(24-20(25-19)17-7-5-4-6-8-17)21(27)23-10-11-26-12-14-28-15-13-26/h4-8,16H,2-3,9-15H2,1H3,(H,23,27)(H,22,24,25). The SMILES string of the molecule is CCCCNc1cc(C(=O)NCCN2CCOCC2)nc(-c2ccccc2)n1. The van der Waals surface area contributed by atoms with E-state index in [1.54, 1.807) is 6.07 Å². The largest absolute Gasteiger partial charge is 0.379 e. The summed E-state index contributed by atoms with van der Waals surface area (Å²) in [6.45, 7) is 7.69. The van der Waals surface area contributed by atoms with Gasteiger partial charge in [-0.1, -0.05) is 43.7 Å². The van der Waals surface area contributed by atoms with Crippen LogP contribution in [0, 0.1) is 0 Å². The van der Waals surface area contributed by atoms with Crippen LogP contribution < -0.4 is 10.6 Å². The molecule has 0 radical (unpaired) electrons. The van der Waals surface area contributed by atoms with E-state index in [1.807, 2.05) is 30.3 Å². The predicted molar refractivity (Wildman–Crippen MR) is 110 cm³/mol. The predicted octanol–water partition coefficient (Wildman–Crippen LogP) is 2.42. The normalized spacial score (nSPS) is 14.6. The van der Waals surface area contributed by atoms with Crippen molar-refractivity contribution in [3.05, 3.63) is 42.1 Å². The molecule has 3 rings (SSSR count). The van der Waals surface area contributed by atoms with Crippen molar-refractivity contribution in [1.29, 1.82) is 0 Å². The Kier molecular flexibility index (Phi) is 7.75. The maximum absolute atomic E-state index is 12.7. The van der Waals surface area contributed by atoms with E-state index in [9.17, 15) is 4.79 Å². The van der Waals surface area contributed by atoms with Crippen molar-refractivity contribution in [2.75, 3.05) is 51.3 Å². The molecule has 1 fully saturated rings. The molecule has 1 aromatic heterocycles. The second-order valence-electron chi connectivity index (χ2n) is 6.82. The van der Waals surface area contributed by atoms with Gasteiger partial charge >= 0.3 is 0 Å². The van der Waals surface area contributed by atoms with Crippen LogP contribution in [0.5, 0.6) is 0 Å². The van der Waals surface area contributed by atoms with Crippen molar-refractivity contribution in [2.45, 2.75) is 19.8 Å². The number of morpholine rings is 1. The highest BCUT2D eigenvalue weighted by Crippen LogP contribution is 2.18. The number of aromatic nitrogens is 2. The molecule has 1 saturated heterocycles. The Hall–Kier alpha value is -2.51. The van der Waals surface area contributed by atoms with Gasteiger partial charge in [0.05, 0.1) is 13.2 Å². The molecule has 1 amide bonds. The van der Waals surface area contributed by atoms with Gasteiger partial charge in [0, 0.05) is 44.4 Å². The zero-order chi connectivity index (χ0) is 19.6. The molecule has 2 aromatic rings. The number of benzene rings is 1. The zero-order valence-electron chi connectivity index (χ0n) is 16.5. The third-order valence-corrected chi connectivity index (χ3v) is 4.64. The number of amides is 1. The number of ether oxygens (including phenoxy) is 1. The van der Waals surface area contributed by atoms with Crippen molar-refractivity contribution in [3.8, 4) is 11.4 Å². The van der Waals surface area contributed by atoms with E-state index in [0.717, 1.165) is 57.8 Å². The molecule has 7 nitrogen and oxygen atoms in total. The first kappa shape index (κ1) is 20.2. The van der Waals surface area contributed by atoms with Crippen molar-refractivity contribution < 1.29 is 9.53 Å². The fourth-order valence-corrected chi connectivity index (χ4v) is 3.01. The summed E-state index contributed by atoms with van der Waals surface area (Å²) in [5.74, 6) is 1.06. The lowest BCUT2D eigenvalue weighted by Crippen LogP contribution is -2.41. The molecule has 28 heavy (non-hydrogen) atoms. The lowest BCUT2D eigenvalue weighted by molar-refractivity contribution is 0.0383. The van der Waals surface area contributed by atoms with Crippen molar-refractivity contribution in [2.24, 2.45) is 0 Å². The number of carbonyl (C=O) groups is 1. The van der Waals surface area contributed by atoms with Gasteiger partial charge in [-0.3, -0.25) is 9.69 Å². The molecule has 0 bridgehead atoms. The van der Waals surface area contributed by atoms with Gasteiger partial charge in [0.2, 0.25) is 0 Å². The molecule has 1 aliphatic heterocycles. The van der Waals surface area contributed by atoms with Crippen LogP contribution in [0.25, 0.3) is 11.4 Å². The third kappa shape index (κ3) is 6.00. The summed E-state index contributed by atoms with van der Waals surface area (Å²) in [4.78, 5) is 24.1. The summed E-state index contributed by atoms with van der Waals surface area (Å²) in [5.41, 5.74) is 1.28. The second-order valence-corrected chi connectivity index (χ2v) is 6.82. The summed E-state index contributed by atoms with van der Waals surface area (Å²) in [6.07, 6.45) is 2.14. The van der Waals surface area contributed by atoms with Gasteiger partial charge in [0.25, 0.3) is 5.91 Å². The van der Waals surface area contributed by atoms with Gasteiger partial charge in [-0.05, 0) is 6.42 Å². The monoisotopic (exact) mass is 383 g/mol. The summed E-state index contributed by atoms with van der Waals surface area (Å²) in [6, 6.07) is 11.5. The van der Waals surface area contributed by atoms with Gasteiger partial charge in [0.1, 0.15) is 11.5 Å². The minimum atomic E-state index is -0.175. The number of nitrogens with zero attached hydrogens (tertiary/aromatic N) is 3. The van der Waals surface area contributed by atoms with Gasteiger partial charge in [0.15, 0.2) is 5.82 Å². The van der Waals surface area contributed by atoms with Crippen LogP contribution in [0.1, 0.15) is 30.3 Å². The summed E-state index contributed by atoms with van der Waals surface area (Å²) < 4.78 is 5.35. The van der Waals surface area contributed by atoms with Gasteiger partial charge in [-0.2, -0.15) is 0 Å². The first-order valence-corrected chi connectivity index (χ1v) is 10.0. The molecule has 0 unspecified atom stereocenters. The van der Waals surface area contributed by atoms with Crippen molar-refractivity contribution >= 4 is 11.7 Å². The van der Waals surface area contributed by atoms with E-state index < -0.39 is 0 Å². The Morgan fingerprint density at radius 3 is 2.68 bits per heavy atom. The highest BCUT2D eigenvalue weighted by Gasteiger charge is 2.14. The lowest BCUT2D eigenvalue weighted by Gasteiger charge is -2.26. The Morgan fingerprint density at radius 1 is 1.14 bits per heavy atom. The average Bonchev–Trinajstić information content (AvgIpc) is 2.75. The molecule has 0 spiro atoms. The number of nitrogens with one attached hydrogen (secondary N) is 2. The first-order valence-electron chi connectivity index (χ1n) is 10.0. The van der Waals surface area contributed by atoms with Crippen LogP contribution in [0.2, 0.25) is 0 Å². The second kappa shape index (κ2) is 10.7. The molecular weight excluding hydrogens is 354 g/mol. The van der Waals surface area contributed by atoms with E-state index >= 15 is 0 Å². The molecular formula is C21H29N5O2. The maximum Gasteiger partial charge on any atom is 0.270 e. The number of carbonyl (C=O) groups excluding carboxylic acids is 1. The molecule has 7 heteroatoms. The molecule has 1 aliphatic rings. The zero-order valence-corrected chi connectivity index (χ0v) is 16.5. The van der Waals surface area contributed by atoms with E-state index in [-0.39, 0.29) is 5.91 Å². The van der Waals surface area contributed by atoms with Gasteiger partial charge < -0.3 is 15.4 Å². The molecule has 2 heterocycles. The topological polar surface area (TPSA) is 79.4 Å². The lowest BCUT2D eigenvalue weighted by atomic mass is 10.2. The summed E-state index contributed by atoms with van der Waals surface area (Å²) in [5, 5.41) is 6.29. The smallest absolute Gasteiger partial charge is 0.270 e. The number of anilines is 1. The Bertz CT molecular complexity index is 748. The third-order valence-electron chi connectivity index (χ3n) is 4.64. The number of unbranched alkanes of at least 4 members (excludes halogenated alkanes) is 1. The van der Waals surface area contributed by atoms with Gasteiger partial charge in [-0.15, -0.1) is 0 Å². The fraction of sp³-hybridized carbons (Fsp3) is 0.476. The number of hydrogen-bond donors (Lipinski definition) is 2. The first-order chi connectivity index (χ1) is 13.8. The van der Waals surface area contributed by atoms with E-state index in [2.05, 4.69) is 32.4 Å². The summed E-state index contributed by atoms with van der Waals surface area (Å²) in [7, 11) is 0. The molecule has 150 valence electrons. The Morgan fingerprint density at radius 2 is 1.93 bits per heavy atom. The van der Waals surface area contributed by atoms with Crippen LogP contribution in [-0.4, -0.2) is 66.7 Å². The van der Waals surface area contributed by atoms with E-state index in [1.165, 1.54) is 0 Å². The van der Waals surface area contributed by atoms with Crippen LogP contribution in [0.4, 0.5) is 5.82 Å². The highest BCUT2D eigenvalue weighted by molar-refractivity contribution is 5.93. The summed E-state index contributed by atoms with van der Waals surface area (Å²) >= 11 is 0. The minimum absolute atomic E-state index is 0.175. The van der Waals surface area contributed by atoms with E-state index in [4.69, 9.17) is 4.74 Å². The molecule has 1 aromatic carbocycles. The average molecular weight is 383 g/mol. The molecule has 0 atom stereocenters. The Balaban J connectivity index is 1.68. The van der Waals surface area contributed by atoms with Crippen molar-refractivity contribution in [1.82, 2.24) is 20.2 Å². The van der Waals surface area contributed by atoms with Crippen LogP contribution in [-0.2, 0) is 4.74 Å². The molecule has 0 aliphatic carbocycles. The molecule has 0 saturated carbocycles. The quantitative estimate of drug-likeness (QED) is 0.648. The number of rotatable bonds is 9. The van der Waals surface area contributed by atoms with Gasteiger partial charge in [-0.25, -0.2) is 9.97 Å². The van der Waals surface area contributed by atoms with Crippen LogP contribution >= 0.6 is 0 Å². The number of hydrogen-bond acceptors (Lipinski definition) is 6.